The van der Waals surface area contributed by atoms with Crippen LogP contribution in [0.25, 0.3) is 10.9 Å². The maximum Gasteiger partial charge on any atom is 0.262 e. The van der Waals surface area contributed by atoms with Crippen LogP contribution in [0.1, 0.15) is 6.92 Å². The van der Waals surface area contributed by atoms with Crippen molar-refractivity contribution < 1.29 is 0 Å². The normalized spacial score (nSPS) is 10.8. The molecule has 2 aromatic rings. The second-order valence-electron chi connectivity index (χ2n) is 3.17. The minimum Gasteiger partial charge on any atom is -0.332 e. The fourth-order valence-corrected chi connectivity index (χ4v) is 2.01. The van der Waals surface area contributed by atoms with Crippen LogP contribution < -0.4 is 5.56 Å². The van der Waals surface area contributed by atoms with Crippen LogP contribution in [0.4, 0.5) is 0 Å². The molecule has 0 fully saturated rings. The highest BCUT2D eigenvalue weighted by Crippen LogP contribution is 2.14. The predicted octanol–water partition coefficient (Wildman–Crippen LogP) is 2.73. The molecule has 0 spiro atoms. The Labute approximate surface area is 96.3 Å². The fraction of sp³-hybridized carbons (Fsp3) is 0.200. The van der Waals surface area contributed by atoms with Crippen molar-refractivity contribution in [2.75, 3.05) is 0 Å². The van der Waals surface area contributed by atoms with Crippen LogP contribution in [0.5, 0.6) is 0 Å². The Balaban J connectivity index is 2.98. The maximum absolute atomic E-state index is 11.9. The Morgan fingerprint density at radius 3 is 2.93 bits per heavy atom. The van der Waals surface area contributed by atoms with Crippen molar-refractivity contribution >= 4 is 34.7 Å². The van der Waals surface area contributed by atoms with Gasteiger partial charge in [0.05, 0.1) is 10.9 Å². The lowest BCUT2D eigenvalue weighted by atomic mass is 10.2. The van der Waals surface area contributed by atoms with Gasteiger partial charge in [0.1, 0.15) is 0 Å². The second kappa shape index (κ2) is 3.79. The first kappa shape index (κ1) is 10.4. The summed E-state index contributed by atoms with van der Waals surface area (Å²) in [4.78, 5) is 14.9. The van der Waals surface area contributed by atoms with E-state index >= 15 is 0 Å². The minimum atomic E-state index is -0.0760. The summed E-state index contributed by atoms with van der Waals surface area (Å²) in [5.74, 6) is 0. The van der Waals surface area contributed by atoms with E-state index in [9.17, 15) is 4.79 Å². The lowest BCUT2D eigenvalue weighted by Gasteiger charge is -2.04. The molecule has 0 atom stereocenters. The van der Waals surface area contributed by atoms with E-state index < -0.39 is 0 Å². The smallest absolute Gasteiger partial charge is 0.262 e. The molecule has 0 aliphatic rings. The van der Waals surface area contributed by atoms with Crippen molar-refractivity contribution in [3.05, 3.63) is 38.3 Å². The zero-order valence-corrected chi connectivity index (χ0v) is 9.65. The molecule has 0 saturated heterocycles. The molecule has 3 nitrogen and oxygen atoms in total. The second-order valence-corrected chi connectivity index (χ2v) is 3.99. The average molecular weight is 241 g/mol. The highest BCUT2D eigenvalue weighted by Gasteiger charge is 2.03. The Morgan fingerprint density at radius 1 is 1.53 bits per heavy atom. The van der Waals surface area contributed by atoms with Gasteiger partial charge in [0, 0.05) is 11.6 Å². The molecule has 2 rings (SSSR count). The fourth-order valence-electron chi connectivity index (χ4n) is 1.51. The molecule has 0 aliphatic carbocycles. The third-order valence-corrected chi connectivity index (χ3v) is 2.82. The zero-order valence-electron chi connectivity index (χ0n) is 8.08. The van der Waals surface area contributed by atoms with Gasteiger partial charge in [0.15, 0.2) is 4.77 Å². The first-order chi connectivity index (χ1) is 7.13. The summed E-state index contributed by atoms with van der Waals surface area (Å²) in [6.07, 6.45) is 0. The number of nitrogens with zero attached hydrogens (tertiary/aromatic N) is 1. The van der Waals surface area contributed by atoms with Gasteiger partial charge < -0.3 is 4.98 Å². The van der Waals surface area contributed by atoms with Crippen molar-refractivity contribution in [1.29, 1.82) is 0 Å². The van der Waals surface area contributed by atoms with Crippen molar-refractivity contribution in [3.8, 4) is 0 Å². The Hall–Kier alpha value is -1.13. The summed E-state index contributed by atoms with van der Waals surface area (Å²) in [5.41, 5.74) is 0.607. The number of hydrogen-bond donors (Lipinski definition) is 1. The Bertz CT molecular complexity index is 629. The van der Waals surface area contributed by atoms with E-state index in [1.807, 2.05) is 6.92 Å². The monoisotopic (exact) mass is 240 g/mol. The summed E-state index contributed by atoms with van der Waals surface area (Å²) in [6.45, 7) is 2.44. The molecule has 0 bridgehead atoms. The molecule has 0 saturated carbocycles. The van der Waals surface area contributed by atoms with Crippen molar-refractivity contribution in [2.45, 2.75) is 13.5 Å². The number of halogens is 1. The summed E-state index contributed by atoms with van der Waals surface area (Å²) in [6, 6.07) is 5.10. The van der Waals surface area contributed by atoms with Crippen molar-refractivity contribution in [3.63, 3.8) is 0 Å². The summed E-state index contributed by atoms with van der Waals surface area (Å²) >= 11 is 10.9. The SMILES string of the molecule is CCn1c(=S)[nH]c2cc(Cl)ccc2c1=O. The van der Waals surface area contributed by atoms with Crippen molar-refractivity contribution in [2.24, 2.45) is 0 Å². The average Bonchev–Trinajstić information content (AvgIpc) is 2.17. The van der Waals surface area contributed by atoms with E-state index in [-0.39, 0.29) is 5.56 Å². The molecule has 1 heterocycles. The minimum absolute atomic E-state index is 0.0760. The third-order valence-electron chi connectivity index (χ3n) is 2.26. The van der Waals surface area contributed by atoms with Gasteiger partial charge >= 0.3 is 0 Å². The van der Waals surface area contributed by atoms with Gasteiger partial charge in [-0.15, -0.1) is 0 Å². The van der Waals surface area contributed by atoms with E-state index in [4.69, 9.17) is 23.8 Å². The van der Waals surface area contributed by atoms with E-state index in [0.717, 1.165) is 0 Å². The lowest BCUT2D eigenvalue weighted by Crippen LogP contribution is -2.21. The standard InChI is InChI=1S/C10H9ClN2OS/c1-2-13-9(14)7-4-3-6(11)5-8(7)12-10(13)15/h3-5H,2H2,1H3,(H,12,15). The number of benzene rings is 1. The number of fused-ring (bicyclic) bond motifs is 1. The van der Waals surface area contributed by atoms with Crippen LogP contribution in [0.2, 0.25) is 5.02 Å². The highest BCUT2D eigenvalue weighted by atomic mass is 35.5. The van der Waals surface area contributed by atoms with Crippen LogP contribution in [0.3, 0.4) is 0 Å². The number of rotatable bonds is 1. The quantitative estimate of drug-likeness (QED) is 0.779. The van der Waals surface area contributed by atoms with Gasteiger partial charge in [-0.05, 0) is 37.3 Å². The van der Waals surface area contributed by atoms with Crippen molar-refractivity contribution in [1.82, 2.24) is 9.55 Å². The predicted molar refractivity (Wildman–Crippen MR) is 64.1 cm³/mol. The van der Waals surface area contributed by atoms with Crippen LogP contribution in [-0.2, 0) is 6.54 Å². The van der Waals surface area contributed by atoms with Crippen LogP contribution in [0.15, 0.2) is 23.0 Å². The van der Waals surface area contributed by atoms with Gasteiger partial charge in [-0.25, -0.2) is 0 Å². The molecule has 78 valence electrons. The van der Waals surface area contributed by atoms with E-state index in [2.05, 4.69) is 4.98 Å². The van der Waals surface area contributed by atoms with Gasteiger partial charge in [0.25, 0.3) is 5.56 Å². The van der Waals surface area contributed by atoms with E-state index in [1.165, 1.54) is 4.57 Å². The summed E-state index contributed by atoms with van der Waals surface area (Å²) in [5, 5.41) is 1.19. The molecule has 1 N–H and O–H groups in total. The number of H-pyrrole nitrogens is 1. The first-order valence-electron chi connectivity index (χ1n) is 4.56. The first-order valence-corrected chi connectivity index (χ1v) is 5.34. The number of hydrogen-bond acceptors (Lipinski definition) is 2. The summed E-state index contributed by atoms with van der Waals surface area (Å²) < 4.78 is 1.95. The molecular weight excluding hydrogens is 232 g/mol. The third kappa shape index (κ3) is 1.70. The zero-order chi connectivity index (χ0) is 11.0. The molecule has 0 aliphatic heterocycles. The number of aromatic nitrogens is 2. The molecule has 0 radical (unpaired) electrons. The Kier molecular flexibility index (Phi) is 2.63. The molecule has 5 heteroatoms. The largest absolute Gasteiger partial charge is 0.332 e. The molecule has 0 unspecified atom stereocenters. The van der Waals surface area contributed by atoms with Crippen LogP contribution in [0, 0.1) is 4.77 Å². The van der Waals surface area contributed by atoms with Gasteiger partial charge in [-0.2, -0.15) is 0 Å². The van der Waals surface area contributed by atoms with Crippen LogP contribution in [-0.4, -0.2) is 9.55 Å². The van der Waals surface area contributed by atoms with Gasteiger partial charge in [-0.3, -0.25) is 9.36 Å². The van der Waals surface area contributed by atoms with Gasteiger partial charge in [0.2, 0.25) is 0 Å². The maximum atomic E-state index is 11.9. The highest BCUT2D eigenvalue weighted by molar-refractivity contribution is 7.71. The topological polar surface area (TPSA) is 37.8 Å². The molecule has 15 heavy (non-hydrogen) atoms. The van der Waals surface area contributed by atoms with E-state index in [1.54, 1.807) is 18.2 Å². The number of aromatic amines is 1. The van der Waals surface area contributed by atoms with Gasteiger partial charge in [-0.1, -0.05) is 11.6 Å². The molecular formula is C10H9ClN2OS. The molecule has 1 aromatic carbocycles. The summed E-state index contributed by atoms with van der Waals surface area (Å²) in [7, 11) is 0. The van der Waals surface area contributed by atoms with Crippen LogP contribution >= 0.6 is 23.8 Å². The Morgan fingerprint density at radius 2 is 2.27 bits per heavy atom. The number of nitrogens with one attached hydrogen (secondary N) is 1. The lowest BCUT2D eigenvalue weighted by molar-refractivity contribution is 0.705. The van der Waals surface area contributed by atoms with E-state index in [0.29, 0.717) is 27.2 Å². The molecule has 0 amide bonds. The molecule has 1 aromatic heterocycles.